The molecule has 0 N–H and O–H groups in total. The summed E-state index contributed by atoms with van der Waals surface area (Å²) in [6.07, 6.45) is 16.7. The van der Waals surface area contributed by atoms with Gasteiger partial charge < -0.3 is 9.47 Å². The van der Waals surface area contributed by atoms with Crippen molar-refractivity contribution in [2.75, 3.05) is 6.61 Å². The van der Waals surface area contributed by atoms with E-state index in [9.17, 15) is 4.79 Å². The molecule has 0 spiro atoms. The molecule has 0 bridgehead atoms. The summed E-state index contributed by atoms with van der Waals surface area (Å²) in [7, 11) is 0. The van der Waals surface area contributed by atoms with E-state index in [4.69, 9.17) is 9.47 Å². The number of unbranched alkanes of at least 4 members (excludes halogenated alkanes) is 10. The molecule has 0 aliphatic carbocycles. The van der Waals surface area contributed by atoms with Gasteiger partial charge in [-0.2, -0.15) is 0 Å². The largest absolute Gasteiger partial charge is 0.423 e. The molecule has 0 radical (unpaired) electrons. The van der Waals surface area contributed by atoms with E-state index >= 15 is 0 Å². The Balaban J connectivity index is 1.63. The molecule has 0 aliphatic heterocycles. The molecule has 0 heterocycles. The molecule has 3 nitrogen and oxygen atoms in total. The second kappa shape index (κ2) is 17.3. The summed E-state index contributed by atoms with van der Waals surface area (Å²) in [4.78, 5) is 12.5. The fourth-order valence-electron chi connectivity index (χ4n) is 4.11. The molecule has 0 aliphatic rings. The van der Waals surface area contributed by atoms with Gasteiger partial charge in [0.15, 0.2) is 0 Å². The summed E-state index contributed by atoms with van der Waals surface area (Å²) < 4.78 is 11.6. The van der Waals surface area contributed by atoms with Gasteiger partial charge in [0, 0.05) is 6.61 Å². The number of ether oxygens (including phenoxy) is 2. The van der Waals surface area contributed by atoms with E-state index in [-0.39, 0.29) is 12.1 Å². The van der Waals surface area contributed by atoms with Gasteiger partial charge >= 0.3 is 5.97 Å². The molecule has 188 valence electrons. The molecule has 2 rings (SSSR count). The highest BCUT2D eigenvalue weighted by Gasteiger charge is 2.11. The molecule has 34 heavy (non-hydrogen) atoms. The first kappa shape index (κ1) is 28.1. The summed E-state index contributed by atoms with van der Waals surface area (Å²) in [5.41, 5.74) is 2.92. The minimum atomic E-state index is -0.327. The van der Waals surface area contributed by atoms with Crippen molar-refractivity contribution in [3.05, 3.63) is 65.2 Å². The highest BCUT2D eigenvalue weighted by molar-refractivity contribution is 5.91. The van der Waals surface area contributed by atoms with Crippen LogP contribution in [0.4, 0.5) is 0 Å². The molecule has 0 aromatic heterocycles. The van der Waals surface area contributed by atoms with Crippen LogP contribution in [0, 0.1) is 0 Å². The zero-order valence-electron chi connectivity index (χ0n) is 21.8. The van der Waals surface area contributed by atoms with Gasteiger partial charge in [-0.1, -0.05) is 102 Å². The number of hydrogen-bond acceptors (Lipinski definition) is 3. The first-order valence-electron chi connectivity index (χ1n) is 13.7. The van der Waals surface area contributed by atoms with Crippen LogP contribution in [0.25, 0.3) is 0 Å². The van der Waals surface area contributed by atoms with E-state index in [1.165, 1.54) is 76.2 Å². The van der Waals surface area contributed by atoms with E-state index in [1.807, 2.05) is 48.5 Å². The van der Waals surface area contributed by atoms with E-state index in [1.54, 1.807) is 0 Å². The van der Waals surface area contributed by atoms with Crippen LogP contribution in [-0.4, -0.2) is 12.6 Å². The molecule has 0 saturated carbocycles. The fraction of sp³-hybridized carbons (Fsp3) is 0.581. The quantitative estimate of drug-likeness (QED) is 0.125. The van der Waals surface area contributed by atoms with Crippen molar-refractivity contribution in [2.24, 2.45) is 0 Å². The number of esters is 1. The lowest BCUT2D eigenvalue weighted by Crippen LogP contribution is -2.09. The SMILES string of the molecule is CCCCCCCCCCCCOC(C)c1ccc(C(=O)Oc2ccc(CCCC)cc2)cc1. The van der Waals surface area contributed by atoms with Crippen LogP contribution >= 0.6 is 0 Å². The number of carbonyl (C=O) groups excluding carboxylic acids is 1. The van der Waals surface area contributed by atoms with Crippen LogP contribution in [0.2, 0.25) is 0 Å². The van der Waals surface area contributed by atoms with E-state index in [2.05, 4.69) is 20.8 Å². The van der Waals surface area contributed by atoms with Gasteiger partial charge in [0.2, 0.25) is 0 Å². The maximum absolute atomic E-state index is 12.5. The summed E-state index contributed by atoms with van der Waals surface area (Å²) in [6, 6.07) is 15.4. The molecule has 0 amide bonds. The van der Waals surface area contributed by atoms with Crippen LogP contribution in [0.3, 0.4) is 0 Å². The van der Waals surface area contributed by atoms with Gasteiger partial charge in [-0.25, -0.2) is 4.79 Å². The molecular weight excluding hydrogens is 420 g/mol. The van der Waals surface area contributed by atoms with Gasteiger partial charge in [0.05, 0.1) is 11.7 Å². The molecular formula is C31H46O3. The van der Waals surface area contributed by atoms with Crippen LogP contribution in [0.1, 0.15) is 125 Å². The second-order valence-corrected chi connectivity index (χ2v) is 9.45. The van der Waals surface area contributed by atoms with Crippen molar-refractivity contribution in [1.82, 2.24) is 0 Å². The summed E-state index contributed by atoms with van der Waals surface area (Å²) in [5.74, 6) is 0.259. The Hall–Kier alpha value is -2.13. The van der Waals surface area contributed by atoms with E-state index in [0.29, 0.717) is 11.3 Å². The van der Waals surface area contributed by atoms with Crippen LogP contribution in [-0.2, 0) is 11.2 Å². The number of rotatable bonds is 18. The predicted octanol–water partition coefficient (Wildman–Crippen LogP) is 9.25. The third-order valence-corrected chi connectivity index (χ3v) is 6.43. The standard InChI is InChI=1S/C31H46O3/c1-4-6-8-9-10-11-12-13-14-15-25-33-26(3)28-19-21-29(22-20-28)31(32)34-30-23-17-27(18-24-30)16-7-5-2/h17-24,26H,4-16,25H2,1-3H3. The third-order valence-electron chi connectivity index (χ3n) is 6.43. The zero-order valence-corrected chi connectivity index (χ0v) is 21.8. The average Bonchev–Trinajstić information content (AvgIpc) is 2.86. The highest BCUT2D eigenvalue weighted by Crippen LogP contribution is 2.20. The minimum absolute atomic E-state index is 0.0271. The molecule has 1 atom stereocenters. The van der Waals surface area contributed by atoms with Gasteiger partial charge in [-0.05, 0) is 61.6 Å². The molecule has 2 aromatic carbocycles. The van der Waals surface area contributed by atoms with Crippen molar-refractivity contribution in [2.45, 2.75) is 110 Å². The Morgan fingerprint density at radius 2 is 1.26 bits per heavy atom. The zero-order chi connectivity index (χ0) is 24.4. The lowest BCUT2D eigenvalue weighted by atomic mass is 10.1. The molecule has 3 heteroatoms. The third kappa shape index (κ3) is 11.3. The maximum Gasteiger partial charge on any atom is 0.343 e. The summed E-state index contributed by atoms with van der Waals surface area (Å²) in [5, 5.41) is 0. The van der Waals surface area contributed by atoms with E-state index in [0.717, 1.165) is 25.0 Å². The van der Waals surface area contributed by atoms with Crippen LogP contribution in [0.5, 0.6) is 5.75 Å². The smallest absolute Gasteiger partial charge is 0.343 e. The Labute approximate surface area is 208 Å². The van der Waals surface area contributed by atoms with Gasteiger partial charge in [-0.3, -0.25) is 0 Å². The minimum Gasteiger partial charge on any atom is -0.423 e. The Bertz CT molecular complexity index is 779. The lowest BCUT2D eigenvalue weighted by molar-refractivity contribution is 0.0626. The van der Waals surface area contributed by atoms with Crippen LogP contribution < -0.4 is 4.74 Å². The molecule has 0 fully saturated rings. The normalized spacial score (nSPS) is 12.0. The van der Waals surface area contributed by atoms with Crippen molar-refractivity contribution in [3.8, 4) is 5.75 Å². The molecule has 1 unspecified atom stereocenters. The van der Waals surface area contributed by atoms with Crippen molar-refractivity contribution in [3.63, 3.8) is 0 Å². The summed E-state index contributed by atoms with van der Waals surface area (Å²) >= 11 is 0. The molecule has 0 saturated heterocycles. The number of aryl methyl sites for hydroxylation is 1. The highest BCUT2D eigenvalue weighted by atomic mass is 16.5. The topological polar surface area (TPSA) is 35.5 Å². The fourth-order valence-corrected chi connectivity index (χ4v) is 4.11. The number of hydrogen-bond donors (Lipinski definition) is 0. The monoisotopic (exact) mass is 466 g/mol. The Morgan fingerprint density at radius 3 is 1.85 bits per heavy atom. The summed E-state index contributed by atoms with van der Waals surface area (Å²) in [6.45, 7) is 7.32. The Kier molecular flexibility index (Phi) is 14.3. The van der Waals surface area contributed by atoms with Crippen molar-refractivity contribution < 1.29 is 14.3 Å². The van der Waals surface area contributed by atoms with Crippen molar-refractivity contribution >= 4 is 5.97 Å². The predicted molar refractivity (Wildman–Crippen MR) is 143 cm³/mol. The van der Waals surface area contributed by atoms with Gasteiger partial charge in [0.25, 0.3) is 0 Å². The van der Waals surface area contributed by atoms with Gasteiger partial charge in [-0.15, -0.1) is 0 Å². The van der Waals surface area contributed by atoms with Crippen molar-refractivity contribution in [1.29, 1.82) is 0 Å². The maximum atomic E-state index is 12.5. The first-order chi connectivity index (χ1) is 16.6. The number of benzene rings is 2. The average molecular weight is 467 g/mol. The molecule has 2 aromatic rings. The van der Waals surface area contributed by atoms with Crippen LogP contribution in [0.15, 0.2) is 48.5 Å². The Morgan fingerprint density at radius 1 is 0.706 bits per heavy atom. The first-order valence-corrected chi connectivity index (χ1v) is 13.7. The lowest BCUT2D eigenvalue weighted by Gasteiger charge is -2.14. The second-order valence-electron chi connectivity index (χ2n) is 9.45. The van der Waals surface area contributed by atoms with E-state index < -0.39 is 0 Å². The number of carbonyl (C=O) groups is 1. The van der Waals surface area contributed by atoms with Gasteiger partial charge in [0.1, 0.15) is 5.75 Å².